The molecule has 4 rings (SSSR count). The maximum absolute atomic E-state index is 13.0. The Balaban J connectivity index is 1.38. The first-order chi connectivity index (χ1) is 13.0. The number of hydrogen-bond acceptors (Lipinski definition) is 5. The van der Waals surface area contributed by atoms with Gasteiger partial charge in [-0.25, -0.2) is 0 Å². The van der Waals surface area contributed by atoms with Crippen LogP contribution in [0.2, 0.25) is 0 Å². The van der Waals surface area contributed by atoms with Crippen molar-refractivity contribution in [1.82, 2.24) is 14.8 Å². The lowest BCUT2D eigenvalue weighted by atomic mass is 9.77. The number of fused-ring (bicyclic) bond motifs is 1. The van der Waals surface area contributed by atoms with Crippen LogP contribution in [0.4, 0.5) is 0 Å². The van der Waals surface area contributed by atoms with E-state index in [1.165, 1.54) is 0 Å². The van der Waals surface area contributed by atoms with E-state index in [4.69, 9.17) is 4.74 Å². The van der Waals surface area contributed by atoms with Crippen LogP contribution in [0.3, 0.4) is 0 Å². The normalized spacial score (nSPS) is 27.5. The number of aromatic nitrogens is 1. The van der Waals surface area contributed by atoms with Gasteiger partial charge in [-0.2, -0.15) is 0 Å². The summed E-state index contributed by atoms with van der Waals surface area (Å²) in [6.07, 6.45) is 6.41. The van der Waals surface area contributed by atoms with Gasteiger partial charge in [0.05, 0.1) is 30.7 Å². The number of rotatable bonds is 4. The van der Waals surface area contributed by atoms with E-state index in [1.807, 2.05) is 17.0 Å². The van der Waals surface area contributed by atoms with Crippen molar-refractivity contribution in [3.63, 3.8) is 0 Å². The first-order valence-electron chi connectivity index (χ1n) is 9.84. The summed E-state index contributed by atoms with van der Waals surface area (Å²) in [7, 11) is 0. The van der Waals surface area contributed by atoms with Crippen LogP contribution in [-0.4, -0.2) is 69.7 Å². The quantitative estimate of drug-likeness (QED) is 0.850. The highest BCUT2D eigenvalue weighted by Gasteiger charge is 2.43. The third-order valence-corrected chi connectivity index (χ3v) is 6.12. The number of pyridine rings is 1. The maximum Gasteiger partial charge on any atom is 0.228 e. The van der Waals surface area contributed by atoms with Gasteiger partial charge in [-0.05, 0) is 43.4 Å². The molecule has 1 N–H and O–H groups in total. The lowest BCUT2D eigenvalue weighted by molar-refractivity contribution is -0.150. The average Bonchev–Trinajstić information content (AvgIpc) is 2.80. The Kier molecular flexibility index (Phi) is 5.14. The molecule has 0 unspecified atom stereocenters. The van der Waals surface area contributed by atoms with Gasteiger partial charge < -0.3 is 19.6 Å². The summed E-state index contributed by atoms with van der Waals surface area (Å²) in [6.45, 7) is 2.58. The fourth-order valence-electron chi connectivity index (χ4n) is 4.27. The molecule has 2 saturated heterocycles. The number of carbonyl (C=O) groups excluding carboxylic acids is 2. The Morgan fingerprint density at radius 2 is 2.07 bits per heavy atom. The van der Waals surface area contributed by atoms with E-state index >= 15 is 0 Å². The molecule has 2 aliphatic heterocycles. The SMILES string of the molecule is O=C(CC1(O)CCC1)N1CC[C@H]2C(=O)N(Cc3ccncc3)CCO[C@H]2C1. The van der Waals surface area contributed by atoms with E-state index in [2.05, 4.69) is 4.98 Å². The van der Waals surface area contributed by atoms with Crippen molar-refractivity contribution in [3.8, 4) is 0 Å². The Hall–Kier alpha value is -1.99. The van der Waals surface area contributed by atoms with Crippen LogP contribution < -0.4 is 0 Å². The van der Waals surface area contributed by atoms with Gasteiger partial charge in [-0.1, -0.05) is 0 Å². The number of ether oxygens (including phenoxy) is 1. The summed E-state index contributed by atoms with van der Waals surface area (Å²) in [5, 5.41) is 10.3. The zero-order chi connectivity index (χ0) is 18.9. The third-order valence-electron chi connectivity index (χ3n) is 6.12. The predicted molar refractivity (Wildman–Crippen MR) is 97.5 cm³/mol. The van der Waals surface area contributed by atoms with Crippen LogP contribution in [0, 0.1) is 5.92 Å². The highest BCUT2D eigenvalue weighted by Crippen LogP contribution is 2.35. The number of piperidine rings is 1. The van der Waals surface area contributed by atoms with Crippen LogP contribution >= 0.6 is 0 Å². The monoisotopic (exact) mass is 373 g/mol. The maximum atomic E-state index is 13.0. The zero-order valence-corrected chi connectivity index (χ0v) is 15.5. The van der Waals surface area contributed by atoms with Crippen LogP contribution in [0.5, 0.6) is 0 Å². The summed E-state index contributed by atoms with van der Waals surface area (Å²) in [6, 6.07) is 3.84. The van der Waals surface area contributed by atoms with Crippen LogP contribution in [-0.2, 0) is 20.9 Å². The van der Waals surface area contributed by atoms with Crippen molar-refractivity contribution in [2.75, 3.05) is 26.2 Å². The van der Waals surface area contributed by atoms with E-state index in [9.17, 15) is 14.7 Å². The van der Waals surface area contributed by atoms with Crippen molar-refractivity contribution in [3.05, 3.63) is 30.1 Å². The molecule has 3 aliphatic rings. The average molecular weight is 373 g/mol. The number of hydrogen-bond donors (Lipinski definition) is 1. The molecule has 1 aromatic rings. The van der Waals surface area contributed by atoms with Gasteiger partial charge in [0.1, 0.15) is 0 Å². The van der Waals surface area contributed by atoms with Crippen LogP contribution in [0.25, 0.3) is 0 Å². The molecular formula is C20H27N3O4. The molecule has 1 aromatic heterocycles. The molecule has 0 radical (unpaired) electrons. The van der Waals surface area contributed by atoms with E-state index in [0.29, 0.717) is 52.0 Å². The highest BCUT2D eigenvalue weighted by atomic mass is 16.5. The van der Waals surface area contributed by atoms with Crippen molar-refractivity contribution in [1.29, 1.82) is 0 Å². The van der Waals surface area contributed by atoms with Gasteiger partial charge in [-0.15, -0.1) is 0 Å². The minimum Gasteiger partial charge on any atom is -0.389 e. The van der Waals surface area contributed by atoms with Gasteiger partial charge in [-0.3, -0.25) is 14.6 Å². The van der Waals surface area contributed by atoms with Crippen molar-refractivity contribution in [2.45, 2.75) is 50.4 Å². The molecule has 7 nitrogen and oxygen atoms in total. The Labute approximate surface area is 159 Å². The number of likely N-dealkylation sites (tertiary alicyclic amines) is 1. The number of amides is 2. The molecule has 7 heteroatoms. The van der Waals surface area contributed by atoms with Gasteiger partial charge in [0.25, 0.3) is 0 Å². The molecule has 2 atom stereocenters. The first kappa shape index (κ1) is 18.4. The smallest absolute Gasteiger partial charge is 0.228 e. The van der Waals surface area contributed by atoms with Gasteiger partial charge >= 0.3 is 0 Å². The molecule has 1 saturated carbocycles. The molecule has 3 heterocycles. The third kappa shape index (κ3) is 3.99. The fraction of sp³-hybridized carbons (Fsp3) is 0.650. The minimum absolute atomic E-state index is 0.0235. The van der Waals surface area contributed by atoms with E-state index in [0.717, 1.165) is 12.0 Å². The standard InChI is InChI=1S/C20H27N3O4/c24-18(12-20(26)5-1-6-20)22-9-4-16-17(14-22)27-11-10-23(19(16)25)13-15-2-7-21-8-3-15/h2-3,7-8,16-17,26H,1,4-6,9-14H2/t16-,17+/m1/s1. The Bertz CT molecular complexity index is 692. The largest absolute Gasteiger partial charge is 0.389 e. The van der Waals surface area contributed by atoms with Gasteiger partial charge in [0.15, 0.2) is 0 Å². The molecule has 0 aromatic carbocycles. The summed E-state index contributed by atoms with van der Waals surface area (Å²) in [4.78, 5) is 33.2. The van der Waals surface area contributed by atoms with Crippen molar-refractivity contribution < 1.29 is 19.4 Å². The number of nitrogens with zero attached hydrogens (tertiary/aromatic N) is 3. The number of aliphatic hydroxyl groups is 1. The molecular weight excluding hydrogens is 346 g/mol. The summed E-state index contributed by atoms with van der Waals surface area (Å²) < 4.78 is 5.96. The lowest BCUT2D eigenvalue weighted by Crippen LogP contribution is -2.52. The van der Waals surface area contributed by atoms with Crippen LogP contribution in [0.1, 0.15) is 37.7 Å². The van der Waals surface area contributed by atoms with Crippen molar-refractivity contribution in [2.24, 2.45) is 5.92 Å². The predicted octanol–water partition coefficient (Wildman–Crippen LogP) is 0.963. The van der Waals surface area contributed by atoms with E-state index < -0.39 is 5.60 Å². The second-order valence-corrected chi connectivity index (χ2v) is 8.01. The summed E-state index contributed by atoms with van der Waals surface area (Å²) >= 11 is 0. The molecule has 3 fully saturated rings. The van der Waals surface area contributed by atoms with Crippen LogP contribution in [0.15, 0.2) is 24.5 Å². The van der Waals surface area contributed by atoms with Crippen molar-refractivity contribution >= 4 is 11.8 Å². The fourth-order valence-corrected chi connectivity index (χ4v) is 4.27. The molecule has 146 valence electrons. The van der Waals surface area contributed by atoms with Gasteiger partial charge in [0.2, 0.25) is 11.8 Å². The molecule has 2 amide bonds. The van der Waals surface area contributed by atoms with Gasteiger partial charge in [0, 0.05) is 38.6 Å². The minimum atomic E-state index is -0.810. The second-order valence-electron chi connectivity index (χ2n) is 8.01. The summed E-state index contributed by atoms with van der Waals surface area (Å²) in [5.74, 6) is -0.117. The molecule has 27 heavy (non-hydrogen) atoms. The highest BCUT2D eigenvalue weighted by molar-refractivity contribution is 5.81. The molecule has 1 aliphatic carbocycles. The molecule has 0 bridgehead atoms. The van der Waals surface area contributed by atoms with E-state index in [1.54, 1.807) is 17.3 Å². The first-order valence-corrected chi connectivity index (χ1v) is 9.84. The zero-order valence-electron chi connectivity index (χ0n) is 15.5. The summed E-state index contributed by atoms with van der Waals surface area (Å²) in [5.41, 5.74) is 0.244. The topological polar surface area (TPSA) is 83.0 Å². The Morgan fingerprint density at radius 1 is 1.30 bits per heavy atom. The molecule has 0 spiro atoms. The number of carbonyl (C=O) groups is 2. The van der Waals surface area contributed by atoms with E-state index in [-0.39, 0.29) is 30.3 Å². The lowest BCUT2D eigenvalue weighted by Gasteiger charge is -2.41. The second kappa shape index (κ2) is 7.56. The Morgan fingerprint density at radius 3 is 2.78 bits per heavy atom.